The molecule has 0 amide bonds. The molecule has 0 radical (unpaired) electrons. The van der Waals surface area contributed by atoms with E-state index in [4.69, 9.17) is 18.0 Å². The summed E-state index contributed by atoms with van der Waals surface area (Å²) in [7, 11) is 2.18. The summed E-state index contributed by atoms with van der Waals surface area (Å²) < 4.78 is 0. The van der Waals surface area contributed by atoms with Crippen LogP contribution in [0.25, 0.3) is 0 Å². The minimum absolute atomic E-state index is 0.637. The lowest BCUT2D eigenvalue weighted by Crippen LogP contribution is -2.31. The maximum atomic E-state index is 5.43. The van der Waals surface area contributed by atoms with Crippen LogP contribution in [0, 0.1) is 0 Å². The van der Waals surface area contributed by atoms with Crippen LogP contribution in [-0.2, 0) is 0 Å². The van der Waals surface area contributed by atoms with Gasteiger partial charge in [-0.2, -0.15) is 0 Å². The molecule has 0 aliphatic rings. The van der Waals surface area contributed by atoms with E-state index < -0.39 is 0 Å². The third-order valence-electron chi connectivity index (χ3n) is 2.50. The molecule has 78 valence electrons. The third-order valence-corrected chi connectivity index (χ3v) is 2.70. The Labute approximate surface area is 87.5 Å². The van der Waals surface area contributed by atoms with Gasteiger partial charge in [0.2, 0.25) is 0 Å². The molecule has 0 saturated carbocycles. The van der Waals surface area contributed by atoms with Gasteiger partial charge in [-0.05, 0) is 39.3 Å². The average molecular weight is 202 g/mol. The molecule has 2 N–H and O–H groups in total. The van der Waals surface area contributed by atoms with Crippen LogP contribution >= 0.6 is 12.2 Å². The van der Waals surface area contributed by atoms with Crippen molar-refractivity contribution in [2.45, 2.75) is 45.6 Å². The molecule has 0 aromatic carbocycles. The van der Waals surface area contributed by atoms with Crippen LogP contribution in [0.3, 0.4) is 0 Å². The lowest BCUT2D eigenvalue weighted by Gasteiger charge is -2.25. The molecule has 0 aliphatic heterocycles. The van der Waals surface area contributed by atoms with Gasteiger partial charge in [0.1, 0.15) is 0 Å². The molecule has 0 fully saturated rings. The summed E-state index contributed by atoms with van der Waals surface area (Å²) in [6.45, 7) is 5.57. The van der Waals surface area contributed by atoms with Gasteiger partial charge in [0.05, 0.1) is 4.99 Å². The first kappa shape index (κ1) is 12.8. The van der Waals surface area contributed by atoms with E-state index in [-0.39, 0.29) is 0 Å². The van der Waals surface area contributed by atoms with Gasteiger partial charge in [0, 0.05) is 6.04 Å². The topological polar surface area (TPSA) is 29.3 Å². The molecule has 0 aromatic rings. The largest absolute Gasteiger partial charge is 0.393 e. The SMILES string of the molecule is CCC(CC)N(C)CCCC(N)=S. The summed E-state index contributed by atoms with van der Waals surface area (Å²) in [5.74, 6) is 0. The second-order valence-corrected chi connectivity index (χ2v) is 4.05. The Kier molecular flexibility index (Phi) is 7.19. The molecular formula is C10H22N2S. The minimum Gasteiger partial charge on any atom is -0.393 e. The van der Waals surface area contributed by atoms with Crippen LogP contribution in [0.4, 0.5) is 0 Å². The lowest BCUT2D eigenvalue weighted by molar-refractivity contribution is 0.228. The molecule has 3 heteroatoms. The number of thiocarbonyl (C=S) groups is 1. The highest BCUT2D eigenvalue weighted by Gasteiger charge is 2.09. The molecule has 0 heterocycles. The summed E-state index contributed by atoms with van der Waals surface area (Å²) in [6.07, 6.45) is 4.41. The Balaban J connectivity index is 3.59. The van der Waals surface area contributed by atoms with Crippen LogP contribution in [0.1, 0.15) is 39.5 Å². The summed E-state index contributed by atoms with van der Waals surface area (Å²) in [5.41, 5.74) is 5.43. The van der Waals surface area contributed by atoms with Gasteiger partial charge in [-0.25, -0.2) is 0 Å². The fourth-order valence-electron chi connectivity index (χ4n) is 1.60. The molecule has 0 aliphatic carbocycles. The molecule has 0 spiro atoms. The summed E-state index contributed by atoms with van der Waals surface area (Å²) >= 11 is 4.83. The number of rotatable bonds is 7. The fraction of sp³-hybridized carbons (Fsp3) is 0.900. The smallest absolute Gasteiger partial charge is 0.0727 e. The standard InChI is InChI=1S/C10H22N2S/c1-4-9(5-2)12(3)8-6-7-10(11)13/h9H,4-8H2,1-3H3,(H2,11,13). The highest BCUT2D eigenvalue weighted by Crippen LogP contribution is 2.06. The molecule has 0 atom stereocenters. The fourth-order valence-corrected chi connectivity index (χ4v) is 1.74. The summed E-state index contributed by atoms with van der Waals surface area (Å²) in [4.78, 5) is 3.04. The van der Waals surface area contributed by atoms with Crippen LogP contribution in [0.5, 0.6) is 0 Å². The quantitative estimate of drug-likeness (QED) is 0.642. The number of nitrogens with zero attached hydrogens (tertiary/aromatic N) is 1. The Morgan fingerprint density at radius 3 is 2.31 bits per heavy atom. The van der Waals surface area contributed by atoms with E-state index in [1.54, 1.807) is 0 Å². The Bertz CT molecular complexity index is 144. The zero-order chi connectivity index (χ0) is 10.3. The number of nitrogens with two attached hydrogens (primary N) is 1. The molecule has 13 heavy (non-hydrogen) atoms. The lowest BCUT2D eigenvalue weighted by atomic mass is 10.1. The van der Waals surface area contributed by atoms with Crippen LogP contribution < -0.4 is 5.73 Å². The van der Waals surface area contributed by atoms with Crippen molar-refractivity contribution in [1.82, 2.24) is 4.90 Å². The molecule has 0 bridgehead atoms. The van der Waals surface area contributed by atoms with Crippen molar-refractivity contribution in [3.8, 4) is 0 Å². The van der Waals surface area contributed by atoms with Crippen molar-refractivity contribution in [3.05, 3.63) is 0 Å². The van der Waals surface area contributed by atoms with E-state index in [1.165, 1.54) is 12.8 Å². The van der Waals surface area contributed by atoms with Crippen LogP contribution in [-0.4, -0.2) is 29.5 Å². The third kappa shape index (κ3) is 5.99. The van der Waals surface area contributed by atoms with E-state index >= 15 is 0 Å². The minimum atomic E-state index is 0.637. The second-order valence-electron chi connectivity index (χ2n) is 3.52. The molecular weight excluding hydrogens is 180 g/mol. The molecule has 0 rings (SSSR count). The zero-order valence-electron chi connectivity index (χ0n) is 9.05. The number of hydrogen-bond acceptors (Lipinski definition) is 2. The summed E-state index contributed by atoms with van der Waals surface area (Å²) in [6, 6.07) is 0.714. The predicted octanol–water partition coefficient (Wildman–Crippen LogP) is 2.17. The van der Waals surface area contributed by atoms with Crippen molar-refractivity contribution >= 4 is 17.2 Å². The average Bonchev–Trinajstić information content (AvgIpc) is 2.05. The first-order valence-electron chi connectivity index (χ1n) is 5.10. The van der Waals surface area contributed by atoms with Gasteiger partial charge in [-0.1, -0.05) is 26.1 Å². The normalized spacial score (nSPS) is 11.2. The van der Waals surface area contributed by atoms with Gasteiger partial charge >= 0.3 is 0 Å². The van der Waals surface area contributed by atoms with E-state index in [1.807, 2.05) is 0 Å². The first-order chi connectivity index (χ1) is 6.11. The monoisotopic (exact) mass is 202 g/mol. The second kappa shape index (κ2) is 7.27. The van der Waals surface area contributed by atoms with E-state index in [9.17, 15) is 0 Å². The van der Waals surface area contributed by atoms with Gasteiger partial charge in [-0.15, -0.1) is 0 Å². The Morgan fingerprint density at radius 2 is 1.92 bits per heavy atom. The molecule has 0 aromatic heterocycles. The van der Waals surface area contributed by atoms with Crippen molar-refractivity contribution in [3.63, 3.8) is 0 Å². The predicted molar refractivity (Wildman–Crippen MR) is 63.0 cm³/mol. The Morgan fingerprint density at radius 1 is 1.38 bits per heavy atom. The van der Waals surface area contributed by atoms with Crippen molar-refractivity contribution in [2.75, 3.05) is 13.6 Å². The van der Waals surface area contributed by atoms with E-state index in [0.717, 1.165) is 19.4 Å². The van der Waals surface area contributed by atoms with E-state index in [2.05, 4.69) is 25.8 Å². The molecule has 0 unspecified atom stereocenters. The van der Waals surface area contributed by atoms with Gasteiger partial charge in [0.15, 0.2) is 0 Å². The van der Waals surface area contributed by atoms with Crippen molar-refractivity contribution in [2.24, 2.45) is 5.73 Å². The maximum Gasteiger partial charge on any atom is 0.0727 e. The van der Waals surface area contributed by atoms with Crippen LogP contribution in [0.2, 0.25) is 0 Å². The highest BCUT2D eigenvalue weighted by molar-refractivity contribution is 7.80. The maximum absolute atomic E-state index is 5.43. The van der Waals surface area contributed by atoms with Crippen LogP contribution in [0.15, 0.2) is 0 Å². The van der Waals surface area contributed by atoms with Crippen molar-refractivity contribution in [1.29, 1.82) is 0 Å². The van der Waals surface area contributed by atoms with Gasteiger partial charge in [0.25, 0.3) is 0 Å². The number of hydrogen-bond donors (Lipinski definition) is 1. The Hall–Kier alpha value is -0.150. The van der Waals surface area contributed by atoms with E-state index in [0.29, 0.717) is 11.0 Å². The highest BCUT2D eigenvalue weighted by atomic mass is 32.1. The molecule has 2 nitrogen and oxygen atoms in total. The summed E-state index contributed by atoms with van der Waals surface area (Å²) in [5, 5.41) is 0. The van der Waals surface area contributed by atoms with Gasteiger partial charge < -0.3 is 10.6 Å². The van der Waals surface area contributed by atoms with Crippen molar-refractivity contribution < 1.29 is 0 Å². The van der Waals surface area contributed by atoms with Gasteiger partial charge in [-0.3, -0.25) is 0 Å². The molecule has 0 saturated heterocycles. The zero-order valence-corrected chi connectivity index (χ0v) is 9.86. The first-order valence-corrected chi connectivity index (χ1v) is 5.51.